The topological polar surface area (TPSA) is 75.4 Å². The van der Waals surface area contributed by atoms with Crippen LogP contribution in [0.3, 0.4) is 0 Å². The van der Waals surface area contributed by atoms with Gasteiger partial charge in [-0.1, -0.05) is 30.9 Å². The molecule has 0 unspecified atom stereocenters. The highest BCUT2D eigenvalue weighted by molar-refractivity contribution is 6.31. The molecular weight excluding hydrogens is 378 g/mol. The van der Waals surface area contributed by atoms with Crippen molar-refractivity contribution in [3.8, 4) is 0 Å². The van der Waals surface area contributed by atoms with E-state index in [1.165, 1.54) is 17.3 Å². The zero-order valence-electron chi connectivity index (χ0n) is 15.9. The van der Waals surface area contributed by atoms with E-state index in [2.05, 4.69) is 4.98 Å². The lowest BCUT2D eigenvalue weighted by molar-refractivity contribution is -0.141. The van der Waals surface area contributed by atoms with E-state index < -0.39 is 5.60 Å². The van der Waals surface area contributed by atoms with E-state index in [9.17, 15) is 14.7 Å². The first-order valence-electron chi connectivity index (χ1n) is 10.1. The van der Waals surface area contributed by atoms with Crippen molar-refractivity contribution in [2.24, 2.45) is 5.92 Å². The minimum Gasteiger partial charge on any atom is -0.388 e. The lowest BCUT2D eigenvalue weighted by Crippen LogP contribution is -2.51. The molecule has 0 spiro atoms. The normalized spacial score (nSPS) is 20.4. The Morgan fingerprint density at radius 3 is 2.64 bits per heavy atom. The Labute approximate surface area is 169 Å². The highest BCUT2D eigenvalue weighted by atomic mass is 35.5. The lowest BCUT2D eigenvalue weighted by atomic mass is 9.86. The molecule has 28 heavy (non-hydrogen) atoms. The van der Waals surface area contributed by atoms with Gasteiger partial charge < -0.3 is 10.0 Å². The van der Waals surface area contributed by atoms with Gasteiger partial charge in [-0.25, -0.2) is 4.98 Å². The summed E-state index contributed by atoms with van der Waals surface area (Å²) in [5.41, 5.74) is -0.640. The van der Waals surface area contributed by atoms with Crippen LogP contribution >= 0.6 is 11.6 Å². The Balaban J connectivity index is 1.44. The van der Waals surface area contributed by atoms with Gasteiger partial charge in [0.1, 0.15) is 0 Å². The molecule has 4 rings (SSSR count). The van der Waals surface area contributed by atoms with Crippen molar-refractivity contribution in [3.05, 3.63) is 39.9 Å². The highest BCUT2D eigenvalue weighted by Gasteiger charge is 2.36. The van der Waals surface area contributed by atoms with Gasteiger partial charge in [-0.05, 0) is 43.9 Å². The van der Waals surface area contributed by atoms with Crippen LogP contribution < -0.4 is 5.56 Å². The van der Waals surface area contributed by atoms with Crippen molar-refractivity contribution in [1.82, 2.24) is 14.5 Å². The first kappa shape index (κ1) is 19.4. The third-order valence-corrected chi connectivity index (χ3v) is 6.45. The van der Waals surface area contributed by atoms with Gasteiger partial charge in [0.05, 0.1) is 29.4 Å². The fraction of sp³-hybridized carbons (Fsp3) is 0.571. The summed E-state index contributed by atoms with van der Waals surface area (Å²) in [6.07, 6.45) is 7.88. The summed E-state index contributed by atoms with van der Waals surface area (Å²) in [6.45, 7) is 1.26. The van der Waals surface area contributed by atoms with Crippen LogP contribution in [0.25, 0.3) is 10.9 Å². The fourth-order valence-electron chi connectivity index (χ4n) is 4.47. The predicted molar refractivity (Wildman–Crippen MR) is 108 cm³/mol. The molecule has 1 saturated heterocycles. The lowest BCUT2D eigenvalue weighted by Gasteiger charge is -2.40. The van der Waals surface area contributed by atoms with Crippen LogP contribution in [0.1, 0.15) is 44.9 Å². The molecule has 2 heterocycles. The Hall–Kier alpha value is -1.92. The number of halogens is 1. The number of hydrogen-bond acceptors (Lipinski definition) is 4. The summed E-state index contributed by atoms with van der Waals surface area (Å²) in [7, 11) is 0. The minimum atomic E-state index is -1.01. The van der Waals surface area contributed by atoms with Gasteiger partial charge in [-0.2, -0.15) is 0 Å². The van der Waals surface area contributed by atoms with Crippen LogP contribution in [-0.2, 0) is 11.3 Å². The van der Waals surface area contributed by atoms with Crippen molar-refractivity contribution >= 4 is 28.4 Å². The van der Waals surface area contributed by atoms with Gasteiger partial charge in [0.25, 0.3) is 5.56 Å². The summed E-state index contributed by atoms with van der Waals surface area (Å²) >= 11 is 5.96. The number of aliphatic hydroxyl groups is 1. The quantitative estimate of drug-likeness (QED) is 0.854. The van der Waals surface area contributed by atoms with Gasteiger partial charge >= 0.3 is 0 Å². The predicted octanol–water partition coefficient (Wildman–Crippen LogP) is 2.98. The van der Waals surface area contributed by atoms with Crippen LogP contribution in [0.4, 0.5) is 0 Å². The Morgan fingerprint density at radius 2 is 1.93 bits per heavy atom. The van der Waals surface area contributed by atoms with Gasteiger partial charge in [-0.3, -0.25) is 14.2 Å². The maximum atomic E-state index is 12.7. The van der Waals surface area contributed by atoms with Crippen LogP contribution in [0.5, 0.6) is 0 Å². The van der Waals surface area contributed by atoms with Gasteiger partial charge in [0.15, 0.2) is 0 Å². The molecular formula is C21H26ClN3O3. The molecule has 1 aliphatic carbocycles. The Kier molecular flexibility index (Phi) is 5.43. The third-order valence-electron chi connectivity index (χ3n) is 6.21. The second-order valence-electron chi connectivity index (χ2n) is 8.22. The smallest absolute Gasteiger partial charge is 0.261 e. The van der Waals surface area contributed by atoms with Crippen molar-refractivity contribution in [3.63, 3.8) is 0 Å². The second-order valence-corrected chi connectivity index (χ2v) is 8.66. The fourth-order valence-corrected chi connectivity index (χ4v) is 4.64. The molecule has 1 N–H and O–H groups in total. The van der Waals surface area contributed by atoms with E-state index in [4.69, 9.17) is 11.6 Å². The number of piperidine rings is 1. The summed E-state index contributed by atoms with van der Waals surface area (Å²) in [5, 5.41) is 12.0. The number of benzene rings is 1. The van der Waals surface area contributed by atoms with Crippen LogP contribution in [0.15, 0.2) is 29.3 Å². The number of hydrogen-bond donors (Lipinski definition) is 1. The molecule has 1 aliphatic heterocycles. The zero-order valence-corrected chi connectivity index (χ0v) is 16.7. The number of nitrogens with zero attached hydrogens (tertiary/aromatic N) is 3. The molecule has 150 valence electrons. The number of carbonyl (C=O) groups is 1. The average molecular weight is 404 g/mol. The van der Waals surface area contributed by atoms with Crippen molar-refractivity contribution in [2.75, 3.05) is 13.1 Å². The third kappa shape index (κ3) is 3.94. The van der Waals surface area contributed by atoms with Gasteiger partial charge in [-0.15, -0.1) is 0 Å². The average Bonchev–Trinajstić information content (AvgIpc) is 2.71. The molecule has 7 heteroatoms. The number of fused-ring (bicyclic) bond motifs is 1. The van der Waals surface area contributed by atoms with E-state index in [0.29, 0.717) is 41.9 Å². The largest absolute Gasteiger partial charge is 0.388 e. The SMILES string of the molecule is O=C(C1CCCCC1)N1CCC(O)(Cn2cnc3cc(Cl)ccc3c2=O)CC1. The number of carbonyl (C=O) groups excluding carboxylic acids is 1. The first-order chi connectivity index (χ1) is 13.5. The van der Waals surface area contributed by atoms with E-state index >= 15 is 0 Å². The van der Waals surface area contributed by atoms with E-state index in [1.54, 1.807) is 18.2 Å². The zero-order chi connectivity index (χ0) is 19.7. The molecule has 0 bridgehead atoms. The molecule has 0 radical (unpaired) electrons. The molecule has 1 aromatic heterocycles. The van der Waals surface area contributed by atoms with Gasteiger partial charge in [0.2, 0.25) is 5.91 Å². The van der Waals surface area contributed by atoms with E-state index in [1.807, 2.05) is 4.90 Å². The number of likely N-dealkylation sites (tertiary alicyclic amines) is 1. The van der Waals surface area contributed by atoms with Crippen molar-refractivity contribution in [2.45, 2.75) is 57.1 Å². The maximum absolute atomic E-state index is 12.7. The summed E-state index contributed by atoms with van der Waals surface area (Å²) in [6, 6.07) is 4.99. The Morgan fingerprint density at radius 1 is 1.21 bits per heavy atom. The molecule has 1 saturated carbocycles. The first-order valence-corrected chi connectivity index (χ1v) is 10.5. The summed E-state index contributed by atoms with van der Waals surface area (Å²) in [5.74, 6) is 0.391. The minimum absolute atomic E-state index is 0.152. The van der Waals surface area contributed by atoms with E-state index in [-0.39, 0.29) is 23.9 Å². The number of amides is 1. The standard InChI is InChI=1S/C21H26ClN3O3/c22-16-6-7-17-18(12-16)23-14-25(20(17)27)13-21(28)8-10-24(11-9-21)19(26)15-4-2-1-3-5-15/h6-7,12,14-15,28H,1-5,8-11,13H2. The van der Waals surface area contributed by atoms with Crippen molar-refractivity contribution in [1.29, 1.82) is 0 Å². The van der Waals surface area contributed by atoms with Crippen molar-refractivity contribution < 1.29 is 9.90 Å². The monoisotopic (exact) mass is 403 g/mol. The number of rotatable bonds is 3. The number of aromatic nitrogens is 2. The molecule has 6 nitrogen and oxygen atoms in total. The molecule has 0 atom stereocenters. The maximum Gasteiger partial charge on any atom is 0.261 e. The summed E-state index contributed by atoms with van der Waals surface area (Å²) in [4.78, 5) is 31.7. The molecule has 1 aromatic carbocycles. The highest BCUT2D eigenvalue weighted by Crippen LogP contribution is 2.29. The molecule has 2 aliphatic rings. The van der Waals surface area contributed by atoms with Crippen LogP contribution in [-0.4, -0.2) is 44.2 Å². The molecule has 2 aromatic rings. The Bertz CT molecular complexity index is 928. The summed E-state index contributed by atoms with van der Waals surface area (Å²) < 4.78 is 1.47. The second kappa shape index (κ2) is 7.84. The van der Waals surface area contributed by atoms with E-state index in [0.717, 1.165) is 25.7 Å². The molecule has 1 amide bonds. The van der Waals surface area contributed by atoms with Crippen LogP contribution in [0, 0.1) is 5.92 Å². The molecule has 2 fully saturated rings. The van der Waals surface area contributed by atoms with Crippen LogP contribution in [0.2, 0.25) is 5.02 Å². The van der Waals surface area contributed by atoms with Gasteiger partial charge in [0, 0.05) is 24.0 Å².